The van der Waals surface area contributed by atoms with Crippen molar-refractivity contribution < 1.29 is 22.0 Å². The third-order valence-electron chi connectivity index (χ3n) is 6.18. The molecule has 5 rings (SSSR count). The van der Waals surface area contributed by atoms with Gasteiger partial charge in [-0.05, 0) is 52.9 Å². The Labute approximate surface area is 210 Å². The zero-order chi connectivity index (χ0) is 26.0. The summed E-state index contributed by atoms with van der Waals surface area (Å²) < 4.78 is 69.0. The van der Waals surface area contributed by atoms with E-state index in [0.29, 0.717) is 28.6 Å². The van der Waals surface area contributed by atoms with E-state index in [1.54, 1.807) is 24.3 Å². The third kappa shape index (κ3) is 5.16. The number of aromatic nitrogens is 1. The summed E-state index contributed by atoms with van der Waals surface area (Å²) in [6, 6.07) is 24.8. The van der Waals surface area contributed by atoms with Gasteiger partial charge in [0, 0.05) is 29.4 Å². The van der Waals surface area contributed by atoms with Crippen molar-refractivity contribution >= 4 is 16.6 Å². The minimum Gasteiger partial charge on any atom is -0.381 e. The molecule has 0 aliphatic rings. The molecule has 5 aromatic rings. The molecule has 186 valence electrons. The zero-order valence-corrected chi connectivity index (χ0v) is 19.5. The van der Waals surface area contributed by atoms with Crippen LogP contribution in [0, 0.1) is 11.6 Å². The lowest BCUT2D eigenvalue weighted by atomic mass is 9.91. The van der Waals surface area contributed by atoms with Gasteiger partial charge in [0.25, 0.3) is 0 Å². The maximum atomic E-state index is 14.1. The number of anilines is 1. The van der Waals surface area contributed by atoms with Crippen LogP contribution in [-0.4, -0.2) is 4.98 Å². The van der Waals surface area contributed by atoms with Crippen LogP contribution in [0.5, 0.6) is 0 Å². The SMILES string of the molecule is Fc1cccc(CNc2cccc(-c3c(Cc4ccccc4)cnc4c(C(F)(F)F)cccc34)c2)c1F. The first-order valence-corrected chi connectivity index (χ1v) is 11.6. The van der Waals surface area contributed by atoms with Gasteiger partial charge in [0.1, 0.15) is 0 Å². The first-order chi connectivity index (χ1) is 17.8. The fourth-order valence-electron chi connectivity index (χ4n) is 4.45. The Morgan fingerprint density at radius 3 is 2.30 bits per heavy atom. The second-order valence-corrected chi connectivity index (χ2v) is 8.67. The van der Waals surface area contributed by atoms with Crippen LogP contribution in [0.2, 0.25) is 0 Å². The molecule has 0 saturated heterocycles. The van der Waals surface area contributed by atoms with Crippen LogP contribution in [0.25, 0.3) is 22.0 Å². The van der Waals surface area contributed by atoms with Crippen LogP contribution >= 0.6 is 0 Å². The molecule has 0 amide bonds. The number of fused-ring (bicyclic) bond motifs is 1. The molecular formula is C30H21F5N2. The number of hydrogen-bond donors (Lipinski definition) is 1. The summed E-state index contributed by atoms with van der Waals surface area (Å²) in [5.41, 5.74) is 2.94. The van der Waals surface area contributed by atoms with E-state index < -0.39 is 23.4 Å². The molecule has 0 unspecified atom stereocenters. The van der Waals surface area contributed by atoms with Gasteiger partial charge in [0.05, 0.1) is 11.1 Å². The van der Waals surface area contributed by atoms with Crippen molar-refractivity contribution in [3.8, 4) is 11.1 Å². The van der Waals surface area contributed by atoms with E-state index in [1.807, 2.05) is 36.4 Å². The fraction of sp³-hybridized carbons (Fsp3) is 0.100. The average Bonchev–Trinajstić information content (AvgIpc) is 2.89. The molecule has 0 bridgehead atoms. The van der Waals surface area contributed by atoms with Gasteiger partial charge >= 0.3 is 6.18 Å². The molecule has 0 saturated carbocycles. The topological polar surface area (TPSA) is 24.9 Å². The lowest BCUT2D eigenvalue weighted by molar-refractivity contribution is -0.136. The number of pyridine rings is 1. The minimum atomic E-state index is -4.55. The predicted molar refractivity (Wildman–Crippen MR) is 135 cm³/mol. The average molecular weight is 505 g/mol. The second-order valence-electron chi connectivity index (χ2n) is 8.67. The highest BCUT2D eigenvalue weighted by atomic mass is 19.4. The summed E-state index contributed by atoms with van der Waals surface area (Å²) in [5.74, 6) is -1.85. The summed E-state index contributed by atoms with van der Waals surface area (Å²) in [5, 5.41) is 3.48. The summed E-state index contributed by atoms with van der Waals surface area (Å²) in [4.78, 5) is 4.23. The first-order valence-electron chi connectivity index (χ1n) is 11.6. The van der Waals surface area contributed by atoms with Gasteiger partial charge in [0.15, 0.2) is 11.6 Å². The molecule has 0 aliphatic carbocycles. The molecular weight excluding hydrogens is 483 g/mol. The Bertz CT molecular complexity index is 1560. The van der Waals surface area contributed by atoms with E-state index in [1.165, 1.54) is 24.4 Å². The molecule has 7 heteroatoms. The minimum absolute atomic E-state index is 0.0409. The molecule has 1 heterocycles. The van der Waals surface area contributed by atoms with Crippen LogP contribution in [0.15, 0.2) is 97.2 Å². The smallest absolute Gasteiger partial charge is 0.381 e. The summed E-state index contributed by atoms with van der Waals surface area (Å²) >= 11 is 0. The largest absolute Gasteiger partial charge is 0.418 e. The molecule has 4 aromatic carbocycles. The number of para-hydroxylation sites is 1. The van der Waals surface area contributed by atoms with Crippen molar-refractivity contribution in [3.05, 3.63) is 131 Å². The predicted octanol–water partition coefficient (Wildman–Crippen LogP) is 8.40. The van der Waals surface area contributed by atoms with Crippen molar-refractivity contribution in [2.24, 2.45) is 0 Å². The molecule has 1 N–H and O–H groups in total. The van der Waals surface area contributed by atoms with E-state index in [9.17, 15) is 22.0 Å². The number of rotatable bonds is 6. The van der Waals surface area contributed by atoms with E-state index in [0.717, 1.165) is 23.3 Å². The highest BCUT2D eigenvalue weighted by molar-refractivity contribution is 5.98. The van der Waals surface area contributed by atoms with Crippen LogP contribution < -0.4 is 5.32 Å². The number of nitrogens with one attached hydrogen (secondary N) is 1. The maximum Gasteiger partial charge on any atom is 0.418 e. The van der Waals surface area contributed by atoms with Gasteiger partial charge in [0.2, 0.25) is 0 Å². The van der Waals surface area contributed by atoms with Gasteiger partial charge in [-0.1, -0.05) is 66.7 Å². The molecule has 37 heavy (non-hydrogen) atoms. The number of benzene rings is 4. The monoisotopic (exact) mass is 504 g/mol. The Morgan fingerprint density at radius 2 is 1.51 bits per heavy atom. The van der Waals surface area contributed by atoms with E-state index in [2.05, 4.69) is 10.3 Å². The van der Waals surface area contributed by atoms with Crippen molar-refractivity contribution in [1.82, 2.24) is 4.98 Å². The van der Waals surface area contributed by atoms with Gasteiger partial charge in [-0.25, -0.2) is 8.78 Å². The van der Waals surface area contributed by atoms with E-state index >= 15 is 0 Å². The summed E-state index contributed by atoms with van der Waals surface area (Å²) in [6.07, 6.45) is -2.58. The molecule has 0 atom stereocenters. The Balaban J connectivity index is 1.60. The van der Waals surface area contributed by atoms with E-state index in [-0.39, 0.29) is 17.6 Å². The number of nitrogens with zero attached hydrogens (tertiary/aromatic N) is 1. The number of halogens is 5. The molecule has 0 spiro atoms. The molecule has 0 fully saturated rings. The Hall–Kier alpha value is -4.26. The molecule has 1 aromatic heterocycles. The van der Waals surface area contributed by atoms with Crippen molar-refractivity contribution in [1.29, 1.82) is 0 Å². The van der Waals surface area contributed by atoms with Gasteiger partial charge in [-0.2, -0.15) is 13.2 Å². The van der Waals surface area contributed by atoms with Gasteiger partial charge < -0.3 is 5.32 Å². The quantitative estimate of drug-likeness (QED) is 0.235. The number of hydrogen-bond acceptors (Lipinski definition) is 2. The fourth-order valence-corrected chi connectivity index (χ4v) is 4.45. The van der Waals surface area contributed by atoms with Crippen LogP contribution in [0.1, 0.15) is 22.3 Å². The van der Waals surface area contributed by atoms with Gasteiger partial charge in [-0.3, -0.25) is 4.98 Å². The Kier molecular flexibility index (Phi) is 6.61. The highest BCUT2D eigenvalue weighted by Crippen LogP contribution is 2.39. The maximum absolute atomic E-state index is 14.1. The first kappa shape index (κ1) is 24.4. The highest BCUT2D eigenvalue weighted by Gasteiger charge is 2.33. The standard InChI is InChI=1S/C30H21F5N2/c31-26-14-5-10-21(28(26)32)17-36-23-11-4-9-20(16-23)27-22(15-19-7-2-1-3-8-19)18-37-29-24(27)12-6-13-25(29)30(33,34)35/h1-14,16,18,36H,15,17H2. The van der Waals surface area contributed by atoms with Crippen LogP contribution in [0.4, 0.5) is 27.6 Å². The number of alkyl halides is 3. The lowest BCUT2D eigenvalue weighted by Gasteiger charge is -2.17. The van der Waals surface area contributed by atoms with Crippen molar-refractivity contribution in [2.75, 3.05) is 5.32 Å². The summed E-state index contributed by atoms with van der Waals surface area (Å²) in [6.45, 7) is 0.0409. The van der Waals surface area contributed by atoms with E-state index in [4.69, 9.17) is 0 Å². The van der Waals surface area contributed by atoms with Crippen LogP contribution in [0.3, 0.4) is 0 Å². The molecule has 0 aliphatic heterocycles. The van der Waals surface area contributed by atoms with Gasteiger partial charge in [-0.15, -0.1) is 0 Å². The summed E-state index contributed by atoms with van der Waals surface area (Å²) in [7, 11) is 0. The normalized spacial score (nSPS) is 11.6. The van der Waals surface area contributed by atoms with Crippen molar-refractivity contribution in [2.45, 2.75) is 19.1 Å². The Morgan fingerprint density at radius 1 is 0.757 bits per heavy atom. The molecule has 0 radical (unpaired) electrons. The van der Waals surface area contributed by atoms with Crippen LogP contribution in [-0.2, 0) is 19.1 Å². The lowest BCUT2D eigenvalue weighted by Crippen LogP contribution is -2.07. The second kappa shape index (κ2) is 10.0. The third-order valence-corrected chi connectivity index (χ3v) is 6.18. The zero-order valence-electron chi connectivity index (χ0n) is 19.5. The molecule has 2 nitrogen and oxygen atoms in total. The van der Waals surface area contributed by atoms with Crippen molar-refractivity contribution in [3.63, 3.8) is 0 Å².